The summed E-state index contributed by atoms with van der Waals surface area (Å²) in [5.74, 6) is 3.17. The zero-order chi connectivity index (χ0) is 19.9. The molecule has 3 aliphatic rings. The standard InChI is InChI=1S/C27H24O2S/c1-2-5-23-17-28-26(15-19(23)4-1)21-10-12-24-20(14-21)9-11-25(29-24)22-8-7-18-6-3-13-30-27(18)16-22/h1-2,4-5,7-8,10-12,14,16,26H,3,6,9,13,15,17H2. The summed E-state index contributed by atoms with van der Waals surface area (Å²) >= 11 is 1.97. The number of hydrogen-bond acceptors (Lipinski definition) is 3. The van der Waals surface area contributed by atoms with E-state index in [2.05, 4.69) is 66.7 Å². The van der Waals surface area contributed by atoms with E-state index in [0.29, 0.717) is 6.61 Å². The van der Waals surface area contributed by atoms with Gasteiger partial charge in [0, 0.05) is 16.9 Å². The minimum Gasteiger partial charge on any atom is -0.457 e. The van der Waals surface area contributed by atoms with Crippen molar-refractivity contribution in [3.8, 4) is 5.75 Å². The number of benzene rings is 3. The lowest BCUT2D eigenvalue weighted by atomic mass is 9.93. The molecule has 0 N–H and O–H groups in total. The quantitative estimate of drug-likeness (QED) is 0.478. The van der Waals surface area contributed by atoms with Crippen LogP contribution in [0.15, 0.2) is 71.6 Å². The Kier molecular flexibility index (Phi) is 4.66. The molecule has 0 spiro atoms. The number of hydrogen-bond donors (Lipinski definition) is 0. The molecular weight excluding hydrogens is 388 g/mol. The van der Waals surface area contributed by atoms with Crippen LogP contribution in [0.3, 0.4) is 0 Å². The van der Waals surface area contributed by atoms with Crippen molar-refractivity contribution in [1.82, 2.24) is 0 Å². The molecule has 0 fully saturated rings. The maximum absolute atomic E-state index is 6.32. The zero-order valence-corrected chi connectivity index (χ0v) is 17.7. The molecule has 0 aliphatic carbocycles. The Morgan fingerprint density at radius 3 is 2.77 bits per heavy atom. The van der Waals surface area contributed by atoms with Gasteiger partial charge in [0.15, 0.2) is 0 Å². The Morgan fingerprint density at radius 1 is 0.867 bits per heavy atom. The normalized spacial score (nSPS) is 19.7. The molecule has 0 aromatic heterocycles. The van der Waals surface area contributed by atoms with Crippen LogP contribution in [0, 0.1) is 0 Å². The first-order valence-corrected chi connectivity index (χ1v) is 11.8. The maximum atomic E-state index is 6.32. The van der Waals surface area contributed by atoms with E-state index in [0.717, 1.165) is 24.4 Å². The monoisotopic (exact) mass is 412 g/mol. The van der Waals surface area contributed by atoms with Gasteiger partial charge in [-0.25, -0.2) is 0 Å². The molecule has 3 aliphatic heterocycles. The van der Waals surface area contributed by atoms with Gasteiger partial charge in [-0.2, -0.15) is 0 Å². The second-order valence-corrected chi connectivity index (χ2v) is 9.43. The topological polar surface area (TPSA) is 18.5 Å². The van der Waals surface area contributed by atoms with Crippen molar-refractivity contribution in [3.63, 3.8) is 0 Å². The maximum Gasteiger partial charge on any atom is 0.131 e. The van der Waals surface area contributed by atoms with Crippen LogP contribution >= 0.6 is 11.8 Å². The number of aryl methyl sites for hydroxylation is 1. The van der Waals surface area contributed by atoms with Crippen molar-refractivity contribution in [2.24, 2.45) is 0 Å². The Hall–Kier alpha value is -2.49. The largest absolute Gasteiger partial charge is 0.457 e. The summed E-state index contributed by atoms with van der Waals surface area (Å²) in [5.41, 5.74) is 7.86. The van der Waals surface area contributed by atoms with Gasteiger partial charge in [-0.15, -0.1) is 11.8 Å². The van der Waals surface area contributed by atoms with Gasteiger partial charge in [0.25, 0.3) is 0 Å². The molecule has 3 heteroatoms. The van der Waals surface area contributed by atoms with Crippen LogP contribution in [0.25, 0.3) is 5.76 Å². The van der Waals surface area contributed by atoms with Crippen LogP contribution < -0.4 is 4.74 Å². The molecule has 150 valence electrons. The molecule has 0 radical (unpaired) electrons. The first kappa shape index (κ1) is 18.3. The minimum absolute atomic E-state index is 0.119. The van der Waals surface area contributed by atoms with E-state index in [9.17, 15) is 0 Å². The fourth-order valence-electron chi connectivity index (χ4n) is 4.65. The van der Waals surface area contributed by atoms with Crippen LogP contribution in [-0.2, 0) is 30.6 Å². The fraction of sp³-hybridized carbons (Fsp3) is 0.259. The second kappa shape index (κ2) is 7.64. The van der Waals surface area contributed by atoms with Crippen LogP contribution in [0.4, 0.5) is 0 Å². The molecule has 1 atom stereocenters. The molecule has 1 unspecified atom stereocenters. The Balaban J connectivity index is 1.23. The molecule has 3 heterocycles. The van der Waals surface area contributed by atoms with E-state index in [4.69, 9.17) is 9.47 Å². The predicted molar refractivity (Wildman–Crippen MR) is 122 cm³/mol. The first-order valence-electron chi connectivity index (χ1n) is 10.8. The number of allylic oxidation sites excluding steroid dienone is 1. The summed E-state index contributed by atoms with van der Waals surface area (Å²) in [6.45, 7) is 0.689. The number of ether oxygens (including phenoxy) is 2. The van der Waals surface area contributed by atoms with Crippen molar-refractivity contribution >= 4 is 17.5 Å². The SMILES string of the molecule is C1=C(c2ccc3c(c2)SCCC3)Oc2ccc(C3Cc4ccccc4CO3)cc2C1. The lowest BCUT2D eigenvalue weighted by Gasteiger charge is -2.27. The predicted octanol–water partition coefficient (Wildman–Crippen LogP) is 6.51. The molecule has 30 heavy (non-hydrogen) atoms. The van der Waals surface area contributed by atoms with Gasteiger partial charge < -0.3 is 9.47 Å². The first-order chi connectivity index (χ1) is 14.8. The fourth-order valence-corrected chi connectivity index (χ4v) is 5.73. The molecule has 0 amide bonds. The van der Waals surface area contributed by atoms with Crippen molar-refractivity contribution < 1.29 is 9.47 Å². The lowest BCUT2D eigenvalue weighted by Crippen LogP contribution is -2.16. The van der Waals surface area contributed by atoms with Gasteiger partial charge in [0.2, 0.25) is 0 Å². The van der Waals surface area contributed by atoms with Crippen molar-refractivity contribution in [2.75, 3.05) is 5.75 Å². The third-order valence-electron chi connectivity index (χ3n) is 6.35. The van der Waals surface area contributed by atoms with Gasteiger partial charge in [0.05, 0.1) is 12.7 Å². The molecule has 3 aromatic rings. The van der Waals surface area contributed by atoms with E-state index in [1.165, 1.54) is 56.9 Å². The highest BCUT2D eigenvalue weighted by molar-refractivity contribution is 7.99. The van der Waals surface area contributed by atoms with E-state index < -0.39 is 0 Å². The van der Waals surface area contributed by atoms with Crippen LogP contribution in [-0.4, -0.2) is 5.75 Å². The van der Waals surface area contributed by atoms with Crippen LogP contribution in [0.1, 0.15) is 45.9 Å². The van der Waals surface area contributed by atoms with E-state index in [-0.39, 0.29) is 6.10 Å². The van der Waals surface area contributed by atoms with Crippen molar-refractivity contribution in [3.05, 3.63) is 100 Å². The highest BCUT2D eigenvalue weighted by Gasteiger charge is 2.23. The van der Waals surface area contributed by atoms with Gasteiger partial charge in [0.1, 0.15) is 11.5 Å². The van der Waals surface area contributed by atoms with E-state index in [1.54, 1.807) is 0 Å². The number of fused-ring (bicyclic) bond motifs is 3. The molecule has 0 saturated carbocycles. The average molecular weight is 413 g/mol. The third-order valence-corrected chi connectivity index (χ3v) is 7.53. The molecule has 6 rings (SSSR count). The highest BCUT2D eigenvalue weighted by atomic mass is 32.2. The molecule has 3 aromatic carbocycles. The van der Waals surface area contributed by atoms with E-state index >= 15 is 0 Å². The number of rotatable bonds is 2. The second-order valence-electron chi connectivity index (χ2n) is 8.29. The summed E-state index contributed by atoms with van der Waals surface area (Å²) in [6.07, 6.45) is 6.64. The summed E-state index contributed by atoms with van der Waals surface area (Å²) in [4.78, 5) is 1.42. The smallest absolute Gasteiger partial charge is 0.131 e. The Bertz CT molecular complexity index is 1150. The van der Waals surface area contributed by atoms with Gasteiger partial charge in [-0.05, 0) is 77.1 Å². The molecule has 2 nitrogen and oxygen atoms in total. The number of thioether (sulfide) groups is 1. The molecule has 0 bridgehead atoms. The van der Waals surface area contributed by atoms with Crippen molar-refractivity contribution in [1.29, 1.82) is 0 Å². The van der Waals surface area contributed by atoms with Gasteiger partial charge in [-0.1, -0.05) is 42.5 Å². The van der Waals surface area contributed by atoms with Crippen molar-refractivity contribution in [2.45, 2.75) is 43.3 Å². The average Bonchev–Trinajstić information content (AvgIpc) is 2.83. The zero-order valence-electron chi connectivity index (χ0n) is 16.9. The molecule has 0 saturated heterocycles. The summed E-state index contributed by atoms with van der Waals surface area (Å²) in [5, 5.41) is 0. The third kappa shape index (κ3) is 3.36. The Morgan fingerprint density at radius 2 is 1.80 bits per heavy atom. The van der Waals surface area contributed by atoms with Gasteiger partial charge in [-0.3, -0.25) is 0 Å². The van der Waals surface area contributed by atoms with Crippen LogP contribution in [0.5, 0.6) is 5.75 Å². The summed E-state index contributed by atoms with van der Waals surface area (Å²) in [6, 6.07) is 21.9. The van der Waals surface area contributed by atoms with Gasteiger partial charge >= 0.3 is 0 Å². The van der Waals surface area contributed by atoms with E-state index in [1.807, 2.05) is 11.8 Å². The summed E-state index contributed by atoms with van der Waals surface area (Å²) in [7, 11) is 0. The minimum atomic E-state index is 0.119. The van der Waals surface area contributed by atoms with Crippen LogP contribution in [0.2, 0.25) is 0 Å². The Labute approximate surface area is 181 Å². The summed E-state index contributed by atoms with van der Waals surface area (Å²) < 4.78 is 12.5. The lowest BCUT2D eigenvalue weighted by molar-refractivity contribution is 0.0274. The molecular formula is C27H24O2S. The highest BCUT2D eigenvalue weighted by Crippen LogP contribution is 2.38.